The first kappa shape index (κ1) is 20.3. The summed E-state index contributed by atoms with van der Waals surface area (Å²) in [7, 11) is -1.90. The van der Waals surface area contributed by atoms with Gasteiger partial charge in [-0.15, -0.1) is 0 Å². The third-order valence-corrected chi connectivity index (χ3v) is 6.68. The molecule has 2 aromatic rings. The normalized spacial score (nSPS) is 16.1. The maximum absolute atomic E-state index is 12.9. The van der Waals surface area contributed by atoms with E-state index in [9.17, 15) is 13.2 Å². The van der Waals surface area contributed by atoms with Gasteiger partial charge in [-0.3, -0.25) is 0 Å². The van der Waals surface area contributed by atoms with E-state index in [0.29, 0.717) is 31.9 Å². The number of aryl methyl sites for hydroxylation is 4. The number of benzene rings is 1. The summed E-state index contributed by atoms with van der Waals surface area (Å²) in [5, 5.41) is 2.98. The summed E-state index contributed by atoms with van der Waals surface area (Å²) < 4.78 is 28.9. The van der Waals surface area contributed by atoms with Crippen molar-refractivity contribution in [1.82, 2.24) is 18.8 Å². The minimum absolute atomic E-state index is 0.0561. The van der Waals surface area contributed by atoms with E-state index in [2.05, 4.69) is 10.3 Å². The van der Waals surface area contributed by atoms with Crippen LogP contribution >= 0.6 is 0 Å². The fourth-order valence-electron chi connectivity index (χ4n) is 3.37. The molecule has 1 N–H and O–H groups in total. The molecule has 0 unspecified atom stereocenters. The average Bonchev–Trinajstić information content (AvgIpc) is 2.82. The molecule has 0 aliphatic carbocycles. The van der Waals surface area contributed by atoms with Crippen molar-refractivity contribution in [2.45, 2.75) is 32.2 Å². The molecule has 1 fully saturated rings. The van der Waals surface area contributed by atoms with Gasteiger partial charge in [-0.1, -0.05) is 6.07 Å². The molecule has 0 radical (unpaired) electrons. The Labute approximate surface area is 166 Å². The zero-order chi connectivity index (χ0) is 20.5. The van der Waals surface area contributed by atoms with Gasteiger partial charge in [0.2, 0.25) is 0 Å². The fourth-order valence-corrected chi connectivity index (χ4v) is 4.86. The molecule has 9 heteroatoms. The summed E-state index contributed by atoms with van der Waals surface area (Å²) in [6.45, 7) is 7.18. The number of anilines is 1. The Kier molecular flexibility index (Phi) is 5.76. The molecule has 1 saturated heterocycles. The highest BCUT2D eigenvalue weighted by molar-refractivity contribution is 7.89. The molecule has 0 bridgehead atoms. The maximum Gasteiger partial charge on any atom is 0.321 e. The first-order chi connectivity index (χ1) is 13.2. The molecule has 0 spiro atoms. The second kappa shape index (κ2) is 7.92. The van der Waals surface area contributed by atoms with Gasteiger partial charge in [-0.05, 0) is 50.5 Å². The van der Waals surface area contributed by atoms with Crippen LogP contribution in [0.3, 0.4) is 0 Å². The van der Waals surface area contributed by atoms with Crippen molar-refractivity contribution in [3.63, 3.8) is 0 Å². The molecule has 1 aromatic carbocycles. The number of hydrogen-bond acceptors (Lipinski definition) is 4. The average molecular weight is 406 g/mol. The number of hydrogen-bond donors (Lipinski definition) is 1. The first-order valence-electron chi connectivity index (χ1n) is 9.31. The molecule has 2 heterocycles. The van der Waals surface area contributed by atoms with Crippen LogP contribution in [0.1, 0.15) is 23.4 Å². The van der Waals surface area contributed by atoms with E-state index < -0.39 is 10.0 Å². The third-order valence-electron chi connectivity index (χ3n) is 4.91. The zero-order valence-electron chi connectivity index (χ0n) is 16.8. The topological polar surface area (TPSA) is 87.5 Å². The number of amides is 2. The van der Waals surface area contributed by atoms with Gasteiger partial charge in [0.05, 0.1) is 0 Å². The van der Waals surface area contributed by atoms with Crippen LogP contribution in [0.5, 0.6) is 0 Å². The standard InChI is InChI=1S/C19H27N5O3S/c1-14-10-15(2)12-17(11-14)21-19(25)23-6-5-7-24(9-8-23)28(26,27)18-13-22(4)16(3)20-18/h10-13H,5-9H2,1-4H3,(H,21,25). The number of aromatic nitrogens is 2. The monoisotopic (exact) mass is 405 g/mol. The molecule has 3 rings (SSSR count). The Balaban J connectivity index is 1.68. The lowest BCUT2D eigenvalue weighted by Crippen LogP contribution is -2.39. The van der Waals surface area contributed by atoms with Crippen LogP contribution in [-0.4, -0.2) is 59.4 Å². The number of rotatable bonds is 3. The summed E-state index contributed by atoms with van der Waals surface area (Å²) in [6, 6.07) is 5.67. The molecule has 1 aliphatic rings. The van der Waals surface area contributed by atoms with Gasteiger partial charge in [-0.2, -0.15) is 4.31 Å². The van der Waals surface area contributed by atoms with Gasteiger partial charge in [0.25, 0.3) is 10.0 Å². The van der Waals surface area contributed by atoms with E-state index in [1.165, 1.54) is 10.5 Å². The first-order valence-corrected chi connectivity index (χ1v) is 10.7. The predicted octanol–water partition coefficient (Wildman–Crippen LogP) is 2.27. The molecule has 0 saturated carbocycles. The Morgan fingerprint density at radius 2 is 1.71 bits per heavy atom. The molecule has 2 amide bonds. The minimum Gasteiger partial charge on any atom is -0.337 e. The Hall–Kier alpha value is -2.39. The number of urea groups is 1. The van der Waals surface area contributed by atoms with Crippen molar-refractivity contribution in [2.24, 2.45) is 7.05 Å². The van der Waals surface area contributed by atoms with Crippen LogP contribution in [0.2, 0.25) is 0 Å². The van der Waals surface area contributed by atoms with Crippen LogP contribution in [0, 0.1) is 20.8 Å². The van der Waals surface area contributed by atoms with E-state index >= 15 is 0 Å². The second-order valence-corrected chi connectivity index (χ2v) is 9.17. The van der Waals surface area contributed by atoms with E-state index in [0.717, 1.165) is 16.8 Å². The lowest BCUT2D eigenvalue weighted by molar-refractivity contribution is 0.214. The van der Waals surface area contributed by atoms with Gasteiger partial charge >= 0.3 is 6.03 Å². The van der Waals surface area contributed by atoms with E-state index in [1.54, 1.807) is 23.4 Å². The Bertz CT molecular complexity index is 944. The number of carbonyl (C=O) groups excluding carboxylic acids is 1. The minimum atomic E-state index is -3.66. The highest BCUT2D eigenvalue weighted by Gasteiger charge is 2.30. The van der Waals surface area contributed by atoms with E-state index in [1.807, 2.05) is 32.0 Å². The summed E-state index contributed by atoms with van der Waals surface area (Å²) >= 11 is 0. The van der Waals surface area contributed by atoms with Crippen LogP contribution in [-0.2, 0) is 17.1 Å². The molecule has 1 aromatic heterocycles. The van der Waals surface area contributed by atoms with Gasteiger partial charge in [0, 0.05) is 45.1 Å². The number of nitrogens with one attached hydrogen (secondary N) is 1. The van der Waals surface area contributed by atoms with E-state index in [4.69, 9.17) is 0 Å². The zero-order valence-corrected chi connectivity index (χ0v) is 17.6. The molecule has 1 aliphatic heterocycles. The molecule has 0 atom stereocenters. The van der Waals surface area contributed by atoms with Crippen molar-refractivity contribution in [3.8, 4) is 0 Å². The SMILES string of the molecule is Cc1cc(C)cc(NC(=O)N2CCCN(S(=O)(=O)c3cn(C)c(C)n3)CC2)c1. The summed E-state index contributed by atoms with van der Waals surface area (Å²) in [5.41, 5.74) is 2.91. The lowest BCUT2D eigenvalue weighted by Gasteiger charge is -2.22. The molecule has 8 nitrogen and oxygen atoms in total. The number of sulfonamides is 1. The summed E-state index contributed by atoms with van der Waals surface area (Å²) in [4.78, 5) is 18.5. The largest absolute Gasteiger partial charge is 0.337 e. The second-order valence-electron chi connectivity index (χ2n) is 7.29. The van der Waals surface area contributed by atoms with Crippen LogP contribution in [0.15, 0.2) is 29.4 Å². The molecule has 28 heavy (non-hydrogen) atoms. The molecule has 152 valence electrons. The third kappa shape index (κ3) is 4.36. The van der Waals surface area contributed by atoms with Gasteiger partial charge in [-0.25, -0.2) is 18.2 Å². The van der Waals surface area contributed by atoms with Gasteiger partial charge in [0.1, 0.15) is 5.82 Å². The van der Waals surface area contributed by atoms with Crippen molar-refractivity contribution in [1.29, 1.82) is 0 Å². The van der Waals surface area contributed by atoms with Crippen LogP contribution < -0.4 is 5.32 Å². The quantitative estimate of drug-likeness (QED) is 0.849. The molecular formula is C19H27N5O3S. The van der Waals surface area contributed by atoms with Crippen molar-refractivity contribution < 1.29 is 13.2 Å². The highest BCUT2D eigenvalue weighted by Crippen LogP contribution is 2.18. The van der Waals surface area contributed by atoms with Gasteiger partial charge < -0.3 is 14.8 Å². The highest BCUT2D eigenvalue weighted by atomic mass is 32.2. The lowest BCUT2D eigenvalue weighted by atomic mass is 10.1. The Morgan fingerprint density at radius 3 is 2.32 bits per heavy atom. The van der Waals surface area contributed by atoms with Crippen LogP contribution in [0.25, 0.3) is 0 Å². The van der Waals surface area contributed by atoms with Crippen molar-refractivity contribution in [3.05, 3.63) is 41.3 Å². The Morgan fingerprint density at radius 1 is 1.04 bits per heavy atom. The number of imidazole rings is 1. The fraction of sp³-hybridized carbons (Fsp3) is 0.474. The maximum atomic E-state index is 12.9. The van der Waals surface area contributed by atoms with Crippen LogP contribution in [0.4, 0.5) is 10.5 Å². The van der Waals surface area contributed by atoms with E-state index in [-0.39, 0.29) is 17.6 Å². The van der Waals surface area contributed by atoms with Crippen molar-refractivity contribution in [2.75, 3.05) is 31.5 Å². The smallest absolute Gasteiger partial charge is 0.321 e. The van der Waals surface area contributed by atoms with Crippen molar-refractivity contribution >= 4 is 21.7 Å². The summed E-state index contributed by atoms with van der Waals surface area (Å²) in [5.74, 6) is 0.642. The summed E-state index contributed by atoms with van der Waals surface area (Å²) in [6.07, 6.45) is 2.10. The predicted molar refractivity (Wildman–Crippen MR) is 108 cm³/mol. The number of carbonyl (C=O) groups is 1. The van der Waals surface area contributed by atoms with Gasteiger partial charge in [0.15, 0.2) is 5.03 Å². The number of nitrogens with zero attached hydrogens (tertiary/aromatic N) is 4. The molecular weight excluding hydrogens is 378 g/mol.